The van der Waals surface area contributed by atoms with Gasteiger partial charge in [-0.15, -0.1) is 11.3 Å². The van der Waals surface area contributed by atoms with E-state index in [0.29, 0.717) is 9.77 Å². The molecule has 0 aromatic carbocycles. The predicted octanol–water partition coefficient (Wildman–Crippen LogP) is 0.955. The first-order valence-electron chi connectivity index (χ1n) is 6.30. The van der Waals surface area contributed by atoms with Gasteiger partial charge in [0.05, 0.1) is 11.5 Å². The van der Waals surface area contributed by atoms with Crippen molar-refractivity contribution < 1.29 is 13.5 Å². The number of likely N-dealkylation sites (tertiary alicyclic amines) is 1. The van der Waals surface area contributed by atoms with Crippen molar-refractivity contribution in [2.45, 2.75) is 30.4 Å². The van der Waals surface area contributed by atoms with Crippen LogP contribution < -0.4 is 0 Å². The van der Waals surface area contributed by atoms with Crippen LogP contribution in [-0.2, 0) is 16.6 Å². The van der Waals surface area contributed by atoms with Gasteiger partial charge in [-0.1, -0.05) is 0 Å². The Hall–Kier alpha value is -0.470. The largest absolute Gasteiger partial charge is 0.391 e. The van der Waals surface area contributed by atoms with Crippen LogP contribution >= 0.6 is 11.3 Å². The summed E-state index contributed by atoms with van der Waals surface area (Å²) in [6.07, 6.45) is 1.73. The number of aliphatic hydroxyl groups excluding tert-OH is 1. The molecule has 5 nitrogen and oxygen atoms in total. The van der Waals surface area contributed by atoms with Gasteiger partial charge >= 0.3 is 0 Å². The molecule has 1 aliphatic heterocycles. The van der Waals surface area contributed by atoms with E-state index in [1.165, 1.54) is 15.6 Å². The third kappa shape index (κ3) is 3.17. The summed E-state index contributed by atoms with van der Waals surface area (Å²) < 4.78 is 26.4. The van der Waals surface area contributed by atoms with Gasteiger partial charge in [-0.25, -0.2) is 8.42 Å². The maximum atomic E-state index is 12.5. The van der Waals surface area contributed by atoms with E-state index in [1.807, 2.05) is 0 Å². The molecule has 0 bridgehead atoms. The third-order valence-electron chi connectivity index (χ3n) is 3.66. The Morgan fingerprint density at radius 3 is 2.63 bits per heavy atom. The van der Waals surface area contributed by atoms with Crippen molar-refractivity contribution in [3.63, 3.8) is 0 Å². The zero-order valence-electron chi connectivity index (χ0n) is 11.2. The first-order chi connectivity index (χ1) is 8.95. The Morgan fingerprint density at radius 1 is 1.47 bits per heavy atom. The molecule has 7 heteroatoms. The fourth-order valence-corrected chi connectivity index (χ4v) is 4.84. The number of nitrogens with zero attached hydrogens (tertiary/aromatic N) is 2. The number of sulfonamides is 1. The molecule has 0 spiro atoms. The van der Waals surface area contributed by atoms with Crippen LogP contribution in [0.4, 0.5) is 0 Å². The van der Waals surface area contributed by atoms with Crippen LogP contribution in [0.15, 0.2) is 16.3 Å². The Bertz CT molecular complexity index is 519. The fourth-order valence-electron chi connectivity index (χ4n) is 2.30. The second-order valence-electron chi connectivity index (χ2n) is 4.96. The molecular formula is C12H20N2O3S2. The zero-order valence-corrected chi connectivity index (χ0v) is 12.9. The SMILES string of the molecule is CN1CCC(N(C)S(=O)(=O)c2csc(CO)c2)CC1. The monoisotopic (exact) mass is 304 g/mol. The quantitative estimate of drug-likeness (QED) is 0.900. The number of thiophene rings is 1. The van der Waals surface area contributed by atoms with Gasteiger partial charge in [0, 0.05) is 23.3 Å². The summed E-state index contributed by atoms with van der Waals surface area (Å²) in [6, 6.07) is 1.63. The second-order valence-corrected chi connectivity index (χ2v) is 7.96. The number of hydrogen-bond donors (Lipinski definition) is 1. The van der Waals surface area contributed by atoms with E-state index in [1.54, 1.807) is 18.5 Å². The van der Waals surface area contributed by atoms with E-state index in [4.69, 9.17) is 5.11 Å². The van der Waals surface area contributed by atoms with Crippen LogP contribution in [0.1, 0.15) is 17.7 Å². The summed E-state index contributed by atoms with van der Waals surface area (Å²) in [5.41, 5.74) is 0. The van der Waals surface area contributed by atoms with Gasteiger partial charge in [-0.2, -0.15) is 4.31 Å². The molecular weight excluding hydrogens is 284 g/mol. The van der Waals surface area contributed by atoms with E-state index in [-0.39, 0.29) is 12.6 Å². The minimum Gasteiger partial charge on any atom is -0.391 e. The molecule has 1 fully saturated rings. The summed E-state index contributed by atoms with van der Waals surface area (Å²) >= 11 is 1.28. The highest BCUT2D eigenvalue weighted by Gasteiger charge is 2.30. The van der Waals surface area contributed by atoms with Crippen LogP contribution in [0, 0.1) is 0 Å². The molecule has 1 aliphatic rings. The van der Waals surface area contributed by atoms with Crippen LogP contribution in [0.25, 0.3) is 0 Å². The minimum atomic E-state index is -3.43. The topological polar surface area (TPSA) is 60.9 Å². The molecule has 1 saturated heterocycles. The lowest BCUT2D eigenvalue weighted by molar-refractivity contribution is 0.197. The van der Waals surface area contributed by atoms with Crippen molar-refractivity contribution in [3.8, 4) is 0 Å². The van der Waals surface area contributed by atoms with E-state index in [0.717, 1.165) is 25.9 Å². The molecule has 0 saturated carbocycles. The van der Waals surface area contributed by atoms with Gasteiger partial charge in [0.2, 0.25) is 10.0 Å². The van der Waals surface area contributed by atoms with E-state index >= 15 is 0 Å². The van der Waals surface area contributed by atoms with Gasteiger partial charge in [0.15, 0.2) is 0 Å². The lowest BCUT2D eigenvalue weighted by Crippen LogP contribution is -2.44. The van der Waals surface area contributed by atoms with Crippen molar-refractivity contribution in [2.75, 3.05) is 27.2 Å². The molecule has 0 unspecified atom stereocenters. The van der Waals surface area contributed by atoms with Crippen molar-refractivity contribution in [3.05, 3.63) is 16.3 Å². The molecule has 0 radical (unpaired) electrons. The molecule has 19 heavy (non-hydrogen) atoms. The average molecular weight is 304 g/mol. The molecule has 0 atom stereocenters. The van der Waals surface area contributed by atoms with Gasteiger partial charge in [0.25, 0.3) is 0 Å². The highest BCUT2D eigenvalue weighted by molar-refractivity contribution is 7.89. The molecule has 1 aromatic heterocycles. The van der Waals surface area contributed by atoms with Crippen LogP contribution in [0.3, 0.4) is 0 Å². The molecule has 1 aromatic rings. The molecule has 2 rings (SSSR count). The lowest BCUT2D eigenvalue weighted by Gasteiger charge is -2.34. The van der Waals surface area contributed by atoms with E-state index in [9.17, 15) is 8.42 Å². The highest BCUT2D eigenvalue weighted by atomic mass is 32.2. The van der Waals surface area contributed by atoms with Gasteiger partial charge < -0.3 is 10.0 Å². The van der Waals surface area contributed by atoms with E-state index < -0.39 is 10.0 Å². The van der Waals surface area contributed by atoms with Crippen molar-refractivity contribution >= 4 is 21.4 Å². The molecule has 2 heterocycles. The molecule has 1 N–H and O–H groups in total. The summed E-state index contributed by atoms with van der Waals surface area (Å²) in [5.74, 6) is 0. The van der Waals surface area contributed by atoms with Gasteiger partial charge in [0.1, 0.15) is 0 Å². The Labute approximate surface area is 118 Å². The first kappa shape index (κ1) is 14.9. The number of rotatable bonds is 4. The molecule has 0 aliphatic carbocycles. The molecule has 0 amide bonds. The summed E-state index contributed by atoms with van der Waals surface area (Å²) in [6.45, 7) is 1.74. The maximum Gasteiger partial charge on any atom is 0.243 e. The maximum absolute atomic E-state index is 12.5. The highest BCUT2D eigenvalue weighted by Crippen LogP contribution is 2.25. The van der Waals surface area contributed by atoms with Gasteiger partial charge in [-0.05, 0) is 39.0 Å². The van der Waals surface area contributed by atoms with Crippen LogP contribution in [-0.4, -0.2) is 56.0 Å². The first-order valence-corrected chi connectivity index (χ1v) is 8.62. The Kier molecular flexibility index (Phi) is 4.62. The zero-order chi connectivity index (χ0) is 14.0. The summed E-state index contributed by atoms with van der Waals surface area (Å²) in [7, 11) is 0.276. The number of aliphatic hydroxyl groups is 1. The smallest absolute Gasteiger partial charge is 0.243 e. The fraction of sp³-hybridized carbons (Fsp3) is 0.667. The van der Waals surface area contributed by atoms with Crippen LogP contribution in [0.5, 0.6) is 0 Å². The molecule has 108 valence electrons. The number of hydrogen-bond acceptors (Lipinski definition) is 5. The van der Waals surface area contributed by atoms with Crippen molar-refractivity contribution in [2.24, 2.45) is 0 Å². The van der Waals surface area contributed by atoms with Crippen LogP contribution in [0.2, 0.25) is 0 Å². The van der Waals surface area contributed by atoms with E-state index in [2.05, 4.69) is 11.9 Å². The summed E-state index contributed by atoms with van der Waals surface area (Å²) in [5, 5.41) is 10.6. The number of piperidine rings is 1. The third-order valence-corrected chi connectivity index (χ3v) is 6.62. The predicted molar refractivity (Wildman–Crippen MR) is 75.7 cm³/mol. The van der Waals surface area contributed by atoms with Crippen molar-refractivity contribution in [1.29, 1.82) is 0 Å². The standard InChI is InChI=1S/C12H20N2O3S2/c1-13-5-3-10(4-6-13)14(2)19(16,17)12-7-11(8-15)18-9-12/h7,9-10,15H,3-6,8H2,1-2H3. The lowest BCUT2D eigenvalue weighted by atomic mass is 10.1. The second kappa shape index (κ2) is 5.88. The Balaban J connectivity index is 2.14. The van der Waals surface area contributed by atoms with Crippen molar-refractivity contribution in [1.82, 2.24) is 9.21 Å². The summed E-state index contributed by atoms with van der Waals surface area (Å²) in [4.78, 5) is 3.18. The van der Waals surface area contributed by atoms with Gasteiger partial charge in [-0.3, -0.25) is 0 Å². The minimum absolute atomic E-state index is 0.0682. The average Bonchev–Trinajstić information content (AvgIpc) is 2.88. The normalized spacial score (nSPS) is 19.2. The Morgan fingerprint density at radius 2 is 2.11 bits per heavy atom.